The first kappa shape index (κ1) is 18.5. The van der Waals surface area contributed by atoms with Gasteiger partial charge in [0.2, 0.25) is 0 Å². The minimum absolute atomic E-state index is 0.226. The first-order valence-electron chi connectivity index (χ1n) is 8.76. The number of fused-ring (bicyclic) bond motifs is 1. The van der Waals surface area contributed by atoms with Gasteiger partial charge in [-0.2, -0.15) is 0 Å². The van der Waals surface area contributed by atoms with Gasteiger partial charge in [-0.3, -0.25) is 9.20 Å². The fraction of sp³-hybridized carbons (Fsp3) is 0.143. The Balaban J connectivity index is 1.46. The highest BCUT2D eigenvalue weighted by Crippen LogP contribution is 2.25. The summed E-state index contributed by atoms with van der Waals surface area (Å²) >= 11 is 7.61. The van der Waals surface area contributed by atoms with E-state index in [1.807, 2.05) is 59.4 Å². The predicted molar refractivity (Wildman–Crippen MR) is 113 cm³/mol. The summed E-state index contributed by atoms with van der Waals surface area (Å²) in [5, 5.41) is 5.56. The van der Waals surface area contributed by atoms with Crippen molar-refractivity contribution in [1.82, 2.24) is 9.38 Å². The lowest BCUT2D eigenvalue weighted by Crippen LogP contribution is -2.30. The molecule has 1 unspecified atom stereocenters. The molecular formula is C21H18ClN3O2S. The zero-order valence-corrected chi connectivity index (χ0v) is 16.9. The Labute approximate surface area is 171 Å². The molecule has 0 saturated heterocycles. The highest BCUT2D eigenvalue weighted by atomic mass is 35.5. The standard InChI is InChI=1S/C21H18ClN3O2S/c1-13-10-17(6-7-18(13)22)27-14(2)20(26)23-16-5-3-4-15(11-16)19-12-25-8-9-28-21(25)24-19/h3-12,14H,1-2H3,(H,23,26). The Morgan fingerprint density at radius 3 is 2.93 bits per heavy atom. The number of carbonyl (C=O) groups is 1. The highest BCUT2D eigenvalue weighted by Gasteiger charge is 2.16. The van der Waals surface area contributed by atoms with E-state index >= 15 is 0 Å². The lowest BCUT2D eigenvalue weighted by atomic mass is 10.1. The molecule has 2 heterocycles. The Hall–Kier alpha value is -2.83. The number of nitrogens with zero attached hydrogens (tertiary/aromatic N) is 2. The van der Waals surface area contributed by atoms with Gasteiger partial charge in [0.05, 0.1) is 5.69 Å². The molecule has 1 atom stereocenters. The number of ether oxygens (including phenoxy) is 1. The molecule has 142 valence electrons. The maximum atomic E-state index is 12.5. The number of aromatic nitrogens is 2. The Morgan fingerprint density at radius 1 is 1.29 bits per heavy atom. The van der Waals surface area contributed by atoms with Crippen LogP contribution >= 0.6 is 22.9 Å². The summed E-state index contributed by atoms with van der Waals surface area (Å²) in [7, 11) is 0. The van der Waals surface area contributed by atoms with Crippen LogP contribution in [0.3, 0.4) is 0 Å². The van der Waals surface area contributed by atoms with Crippen molar-refractivity contribution in [2.75, 3.05) is 5.32 Å². The summed E-state index contributed by atoms with van der Waals surface area (Å²) < 4.78 is 7.72. The molecule has 4 rings (SSSR count). The monoisotopic (exact) mass is 411 g/mol. The largest absolute Gasteiger partial charge is 0.481 e. The number of carbonyl (C=O) groups excluding carboxylic acids is 1. The molecule has 0 aliphatic carbocycles. The average molecular weight is 412 g/mol. The van der Waals surface area contributed by atoms with Crippen molar-refractivity contribution in [2.24, 2.45) is 0 Å². The summed E-state index contributed by atoms with van der Waals surface area (Å²) in [4.78, 5) is 18.1. The summed E-state index contributed by atoms with van der Waals surface area (Å²) in [5.74, 6) is 0.381. The second kappa shape index (κ2) is 7.66. The maximum Gasteiger partial charge on any atom is 0.265 e. The predicted octanol–water partition coefficient (Wildman–Crippen LogP) is 5.43. The molecule has 0 radical (unpaired) electrons. The second-order valence-corrected chi connectivity index (χ2v) is 7.74. The van der Waals surface area contributed by atoms with Crippen LogP contribution in [0.5, 0.6) is 5.75 Å². The van der Waals surface area contributed by atoms with Gasteiger partial charge >= 0.3 is 0 Å². The van der Waals surface area contributed by atoms with Gasteiger partial charge in [0.1, 0.15) is 5.75 Å². The summed E-state index contributed by atoms with van der Waals surface area (Å²) in [6, 6.07) is 12.9. The van der Waals surface area contributed by atoms with Crippen LogP contribution in [0.15, 0.2) is 60.2 Å². The van der Waals surface area contributed by atoms with Crippen molar-refractivity contribution in [3.63, 3.8) is 0 Å². The van der Waals surface area contributed by atoms with Crippen molar-refractivity contribution >= 4 is 39.5 Å². The minimum atomic E-state index is -0.651. The molecule has 0 spiro atoms. The molecule has 0 aliphatic rings. The second-order valence-electron chi connectivity index (χ2n) is 6.46. The van der Waals surface area contributed by atoms with Gasteiger partial charge in [-0.1, -0.05) is 23.7 Å². The van der Waals surface area contributed by atoms with Crippen LogP contribution in [0.2, 0.25) is 5.02 Å². The molecule has 0 fully saturated rings. The lowest BCUT2D eigenvalue weighted by Gasteiger charge is -2.15. The van der Waals surface area contributed by atoms with E-state index in [4.69, 9.17) is 16.3 Å². The number of hydrogen-bond acceptors (Lipinski definition) is 4. The average Bonchev–Trinajstić information content (AvgIpc) is 3.27. The van der Waals surface area contributed by atoms with E-state index in [1.165, 1.54) is 0 Å². The van der Waals surface area contributed by atoms with E-state index in [0.717, 1.165) is 21.8 Å². The molecule has 5 nitrogen and oxygen atoms in total. The number of benzene rings is 2. The number of hydrogen-bond donors (Lipinski definition) is 1. The van der Waals surface area contributed by atoms with Crippen LogP contribution in [0.25, 0.3) is 16.2 Å². The third-order valence-electron chi connectivity index (χ3n) is 4.33. The molecule has 2 aromatic heterocycles. The molecule has 1 N–H and O–H groups in total. The molecule has 0 saturated carbocycles. The van der Waals surface area contributed by atoms with Crippen molar-refractivity contribution in [1.29, 1.82) is 0 Å². The highest BCUT2D eigenvalue weighted by molar-refractivity contribution is 7.15. The first-order chi connectivity index (χ1) is 13.5. The number of nitrogens with one attached hydrogen (secondary N) is 1. The fourth-order valence-electron chi connectivity index (χ4n) is 2.81. The summed E-state index contributed by atoms with van der Waals surface area (Å²) in [6.07, 6.45) is 3.29. The van der Waals surface area contributed by atoms with E-state index in [2.05, 4.69) is 10.3 Å². The summed E-state index contributed by atoms with van der Waals surface area (Å²) in [5.41, 5.74) is 3.40. The molecule has 1 amide bonds. The Morgan fingerprint density at radius 2 is 2.14 bits per heavy atom. The fourth-order valence-corrected chi connectivity index (χ4v) is 3.63. The van der Waals surface area contributed by atoms with Crippen LogP contribution in [0, 0.1) is 6.92 Å². The summed E-state index contributed by atoms with van der Waals surface area (Å²) in [6.45, 7) is 3.61. The van der Waals surface area contributed by atoms with Crippen molar-refractivity contribution < 1.29 is 9.53 Å². The van der Waals surface area contributed by atoms with Crippen molar-refractivity contribution in [3.05, 3.63) is 70.8 Å². The Bertz CT molecular complexity index is 1120. The van der Waals surface area contributed by atoms with Gasteiger partial charge in [-0.25, -0.2) is 4.98 Å². The molecule has 28 heavy (non-hydrogen) atoms. The molecular weight excluding hydrogens is 394 g/mol. The zero-order chi connectivity index (χ0) is 19.7. The molecule has 0 aliphatic heterocycles. The van der Waals surface area contributed by atoms with Gasteiger partial charge in [-0.05, 0) is 49.7 Å². The van der Waals surface area contributed by atoms with E-state index < -0.39 is 6.10 Å². The third kappa shape index (κ3) is 3.88. The van der Waals surface area contributed by atoms with Crippen LogP contribution < -0.4 is 10.1 Å². The van der Waals surface area contributed by atoms with Crippen LogP contribution in [0.1, 0.15) is 12.5 Å². The molecule has 4 aromatic rings. The van der Waals surface area contributed by atoms with E-state index in [9.17, 15) is 4.79 Å². The number of anilines is 1. The maximum absolute atomic E-state index is 12.5. The quantitative estimate of drug-likeness (QED) is 0.476. The minimum Gasteiger partial charge on any atom is -0.481 e. The number of imidazole rings is 1. The number of halogens is 1. The Kier molecular flexibility index (Phi) is 5.07. The lowest BCUT2D eigenvalue weighted by molar-refractivity contribution is -0.122. The number of aryl methyl sites for hydroxylation is 1. The van der Waals surface area contributed by atoms with Gasteiger partial charge in [0.25, 0.3) is 5.91 Å². The van der Waals surface area contributed by atoms with Gasteiger partial charge < -0.3 is 10.1 Å². The number of amides is 1. The normalized spacial score (nSPS) is 12.1. The van der Waals surface area contributed by atoms with Crippen molar-refractivity contribution in [3.8, 4) is 17.0 Å². The topological polar surface area (TPSA) is 55.6 Å². The van der Waals surface area contributed by atoms with E-state index in [0.29, 0.717) is 16.5 Å². The number of rotatable bonds is 5. The van der Waals surface area contributed by atoms with Gasteiger partial charge in [0, 0.05) is 34.0 Å². The number of thiazole rings is 1. The third-order valence-corrected chi connectivity index (χ3v) is 5.53. The molecule has 2 aromatic carbocycles. The van der Waals surface area contributed by atoms with E-state index in [1.54, 1.807) is 30.4 Å². The van der Waals surface area contributed by atoms with Crippen LogP contribution in [-0.2, 0) is 4.79 Å². The van der Waals surface area contributed by atoms with Gasteiger partial charge in [-0.15, -0.1) is 11.3 Å². The first-order valence-corrected chi connectivity index (χ1v) is 10.0. The zero-order valence-electron chi connectivity index (χ0n) is 15.3. The SMILES string of the molecule is Cc1cc(OC(C)C(=O)Nc2cccc(-c3cn4ccsc4n3)c2)ccc1Cl. The van der Waals surface area contributed by atoms with E-state index in [-0.39, 0.29) is 5.91 Å². The van der Waals surface area contributed by atoms with Crippen LogP contribution in [0.4, 0.5) is 5.69 Å². The van der Waals surface area contributed by atoms with Crippen molar-refractivity contribution in [2.45, 2.75) is 20.0 Å². The van der Waals surface area contributed by atoms with Crippen LogP contribution in [-0.4, -0.2) is 21.4 Å². The molecule has 0 bridgehead atoms. The van der Waals surface area contributed by atoms with Gasteiger partial charge in [0.15, 0.2) is 11.1 Å². The smallest absolute Gasteiger partial charge is 0.265 e. The molecule has 7 heteroatoms.